The molecule has 0 aliphatic carbocycles. The largest absolute Gasteiger partial charge is 0.480 e. The highest BCUT2D eigenvalue weighted by Crippen LogP contribution is 2.11. The first kappa shape index (κ1) is 16.2. The van der Waals surface area contributed by atoms with Crippen molar-refractivity contribution in [2.24, 2.45) is 5.92 Å². The molecule has 1 aromatic rings. The summed E-state index contributed by atoms with van der Waals surface area (Å²) in [6.45, 7) is 5.82. The molecule has 0 aromatic heterocycles. The number of amides is 1. The van der Waals surface area contributed by atoms with Crippen molar-refractivity contribution < 1.29 is 14.7 Å². The highest BCUT2D eigenvalue weighted by atomic mass is 16.4. The number of carbonyl (C=O) groups excluding carboxylic acids is 1. The van der Waals surface area contributed by atoms with Gasteiger partial charge in [0.2, 0.25) is 5.91 Å². The molecule has 0 aliphatic rings. The van der Waals surface area contributed by atoms with Crippen LogP contribution in [0.1, 0.15) is 38.3 Å². The SMILES string of the molecule is CC(C)Cc1ccc(CCC(=O)N[C@H](C)C(=O)O)cc1. The summed E-state index contributed by atoms with van der Waals surface area (Å²) in [4.78, 5) is 22.2. The minimum absolute atomic E-state index is 0.230. The number of hydrogen-bond donors (Lipinski definition) is 2. The van der Waals surface area contributed by atoms with Crippen LogP contribution >= 0.6 is 0 Å². The van der Waals surface area contributed by atoms with E-state index in [2.05, 4.69) is 31.3 Å². The van der Waals surface area contributed by atoms with Gasteiger partial charge < -0.3 is 10.4 Å². The van der Waals surface area contributed by atoms with Gasteiger partial charge in [0.15, 0.2) is 0 Å². The zero-order valence-electron chi connectivity index (χ0n) is 12.3. The van der Waals surface area contributed by atoms with Crippen molar-refractivity contribution in [2.45, 2.75) is 46.1 Å². The molecule has 1 amide bonds. The predicted octanol–water partition coefficient (Wildman–Crippen LogP) is 2.41. The molecule has 20 heavy (non-hydrogen) atoms. The third-order valence-electron chi connectivity index (χ3n) is 3.06. The van der Waals surface area contributed by atoms with Gasteiger partial charge in [-0.1, -0.05) is 38.1 Å². The van der Waals surface area contributed by atoms with Gasteiger partial charge >= 0.3 is 5.97 Å². The first-order valence-electron chi connectivity index (χ1n) is 6.98. The van der Waals surface area contributed by atoms with Crippen molar-refractivity contribution in [3.8, 4) is 0 Å². The van der Waals surface area contributed by atoms with Crippen LogP contribution in [0.25, 0.3) is 0 Å². The number of hydrogen-bond acceptors (Lipinski definition) is 2. The molecule has 4 heteroatoms. The number of carboxylic acid groups (broad SMARTS) is 1. The Kier molecular flexibility index (Phi) is 6.22. The zero-order valence-corrected chi connectivity index (χ0v) is 12.3. The molecule has 1 aromatic carbocycles. The van der Waals surface area contributed by atoms with Crippen molar-refractivity contribution in [2.75, 3.05) is 0 Å². The highest BCUT2D eigenvalue weighted by molar-refractivity contribution is 5.83. The summed E-state index contributed by atoms with van der Waals surface area (Å²) >= 11 is 0. The number of nitrogens with one attached hydrogen (secondary N) is 1. The molecule has 0 heterocycles. The van der Waals surface area contributed by atoms with Crippen molar-refractivity contribution in [3.63, 3.8) is 0 Å². The second-order valence-electron chi connectivity index (χ2n) is 5.54. The van der Waals surface area contributed by atoms with Crippen molar-refractivity contribution >= 4 is 11.9 Å². The molecule has 0 bridgehead atoms. The monoisotopic (exact) mass is 277 g/mol. The van der Waals surface area contributed by atoms with Crippen LogP contribution in [0.5, 0.6) is 0 Å². The Balaban J connectivity index is 2.42. The lowest BCUT2D eigenvalue weighted by molar-refractivity contribution is -0.141. The first-order valence-corrected chi connectivity index (χ1v) is 6.98. The molecule has 2 N–H and O–H groups in total. The highest BCUT2D eigenvalue weighted by Gasteiger charge is 2.13. The van der Waals surface area contributed by atoms with Gasteiger partial charge in [-0.3, -0.25) is 9.59 Å². The lowest BCUT2D eigenvalue weighted by Gasteiger charge is -2.09. The van der Waals surface area contributed by atoms with Crippen LogP contribution in [0.3, 0.4) is 0 Å². The smallest absolute Gasteiger partial charge is 0.325 e. The molecule has 4 nitrogen and oxygen atoms in total. The zero-order chi connectivity index (χ0) is 15.1. The normalized spacial score (nSPS) is 12.2. The minimum atomic E-state index is -1.02. The van der Waals surface area contributed by atoms with Gasteiger partial charge in [0.25, 0.3) is 0 Å². The number of rotatable bonds is 7. The van der Waals surface area contributed by atoms with Crippen LogP contribution in [-0.2, 0) is 22.4 Å². The van der Waals surface area contributed by atoms with Gasteiger partial charge in [0.1, 0.15) is 6.04 Å². The van der Waals surface area contributed by atoms with Crippen LogP contribution in [-0.4, -0.2) is 23.0 Å². The lowest BCUT2D eigenvalue weighted by Crippen LogP contribution is -2.38. The van der Waals surface area contributed by atoms with Crippen LogP contribution in [0.15, 0.2) is 24.3 Å². The molecular formula is C16H23NO3. The molecule has 1 atom stereocenters. The molecular weight excluding hydrogens is 254 g/mol. The molecule has 0 saturated carbocycles. The van der Waals surface area contributed by atoms with Gasteiger partial charge in [-0.15, -0.1) is 0 Å². The second-order valence-corrected chi connectivity index (χ2v) is 5.54. The Morgan fingerprint density at radius 3 is 2.15 bits per heavy atom. The maximum atomic E-state index is 11.6. The van der Waals surface area contributed by atoms with Crippen LogP contribution < -0.4 is 5.32 Å². The number of carboxylic acids is 1. The third kappa shape index (κ3) is 5.87. The molecule has 0 unspecified atom stereocenters. The molecule has 0 saturated heterocycles. The molecule has 0 fully saturated rings. The van der Waals surface area contributed by atoms with E-state index in [1.54, 1.807) is 0 Å². The number of aliphatic carboxylic acids is 1. The molecule has 110 valence electrons. The summed E-state index contributed by atoms with van der Waals surface area (Å²) in [5.74, 6) is -0.619. The van der Waals surface area contributed by atoms with Gasteiger partial charge in [-0.25, -0.2) is 0 Å². The lowest BCUT2D eigenvalue weighted by atomic mass is 10.0. The van der Waals surface area contributed by atoms with Gasteiger partial charge in [0.05, 0.1) is 0 Å². The average Bonchev–Trinajstić information content (AvgIpc) is 2.37. The van der Waals surface area contributed by atoms with E-state index >= 15 is 0 Å². The summed E-state index contributed by atoms with van der Waals surface area (Å²) in [7, 11) is 0. The Bertz CT molecular complexity index is 451. The minimum Gasteiger partial charge on any atom is -0.480 e. The number of aryl methyl sites for hydroxylation is 1. The molecule has 1 rings (SSSR count). The van der Waals surface area contributed by atoms with E-state index in [4.69, 9.17) is 5.11 Å². The molecule has 0 radical (unpaired) electrons. The predicted molar refractivity (Wildman–Crippen MR) is 78.5 cm³/mol. The van der Waals surface area contributed by atoms with E-state index in [1.165, 1.54) is 12.5 Å². The van der Waals surface area contributed by atoms with Gasteiger partial charge in [-0.2, -0.15) is 0 Å². The van der Waals surface area contributed by atoms with E-state index in [0.717, 1.165) is 12.0 Å². The summed E-state index contributed by atoms with van der Waals surface area (Å²) in [5.41, 5.74) is 2.39. The van der Waals surface area contributed by atoms with E-state index in [-0.39, 0.29) is 5.91 Å². The Labute approximate surface area is 120 Å². The Hall–Kier alpha value is -1.84. The van der Waals surface area contributed by atoms with Crippen LogP contribution in [0.2, 0.25) is 0 Å². The average molecular weight is 277 g/mol. The maximum absolute atomic E-state index is 11.6. The molecule has 0 spiro atoms. The standard InChI is InChI=1S/C16H23NO3/c1-11(2)10-14-6-4-13(5-7-14)8-9-15(18)17-12(3)16(19)20/h4-7,11-12H,8-10H2,1-3H3,(H,17,18)(H,19,20)/t12-/m1/s1. The van der Waals surface area contributed by atoms with Crippen LogP contribution in [0, 0.1) is 5.92 Å². The van der Waals surface area contributed by atoms with E-state index in [9.17, 15) is 9.59 Å². The summed E-state index contributed by atoms with van der Waals surface area (Å²) < 4.78 is 0. The molecule has 0 aliphatic heterocycles. The second kappa shape index (κ2) is 7.68. The fourth-order valence-corrected chi connectivity index (χ4v) is 1.95. The van der Waals surface area contributed by atoms with Crippen molar-refractivity contribution in [1.29, 1.82) is 0 Å². The number of benzene rings is 1. The van der Waals surface area contributed by atoms with Gasteiger partial charge in [-0.05, 0) is 36.8 Å². The Morgan fingerprint density at radius 1 is 1.10 bits per heavy atom. The number of carbonyl (C=O) groups is 2. The van der Waals surface area contributed by atoms with Gasteiger partial charge in [0, 0.05) is 6.42 Å². The quantitative estimate of drug-likeness (QED) is 0.804. The van der Waals surface area contributed by atoms with E-state index in [1.807, 2.05) is 12.1 Å². The fourth-order valence-electron chi connectivity index (χ4n) is 1.95. The fraction of sp³-hybridized carbons (Fsp3) is 0.500. The maximum Gasteiger partial charge on any atom is 0.325 e. The first-order chi connectivity index (χ1) is 9.38. The summed E-state index contributed by atoms with van der Waals surface area (Å²) in [6, 6.07) is 7.41. The van der Waals surface area contributed by atoms with Crippen molar-refractivity contribution in [1.82, 2.24) is 5.32 Å². The summed E-state index contributed by atoms with van der Waals surface area (Å²) in [6.07, 6.45) is 1.98. The Morgan fingerprint density at radius 2 is 1.65 bits per heavy atom. The van der Waals surface area contributed by atoms with Crippen molar-refractivity contribution in [3.05, 3.63) is 35.4 Å². The third-order valence-corrected chi connectivity index (χ3v) is 3.06. The van der Waals surface area contributed by atoms with E-state index < -0.39 is 12.0 Å². The van der Waals surface area contributed by atoms with E-state index in [0.29, 0.717) is 18.8 Å². The topological polar surface area (TPSA) is 66.4 Å². The summed E-state index contributed by atoms with van der Waals surface area (Å²) in [5, 5.41) is 11.2. The van der Waals surface area contributed by atoms with Crippen LogP contribution in [0.4, 0.5) is 0 Å².